The third-order valence-electron chi connectivity index (χ3n) is 2.89. The Morgan fingerprint density at radius 1 is 1.10 bits per heavy atom. The molecule has 0 aliphatic rings. The van der Waals surface area contributed by atoms with Crippen LogP contribution in [0, 0.1) is 0 Å². The fourth-order valence-corrected chi connectivity index (χ4v) is 2.33. The molecule has 2 aromatic rings. The Bertz CT molecular complexity index is 660. The van der Waals surface area contributed by atoms with Crippen LogP contribution in [0.4, 0.5) is 0 Å². The predicted molar refractivity (Wildman–Crippen MR) is 87.1 cm³/mol. The van der Waals surface area contributed by atoms with E-state index in [4.69, 9.17) is 0 Å². The molecule has 0 fully saturated rings. The Kier molecular flexibility index (Phi) is 5.06. The molecule has 2 aromatic carbocycles. The highest BCUT2D eigenvalue weighted by molar-refractivity contribution is 8.12. The number of phenols is 2. The van der Waals surface area contributed by atoms with Crippen molar-refractivity contribution in [3.63, 3.8) is 0 Å². The maximum absolute atomic E-state index is 10.9. The van der Waals surface area contributed by atoms with E-state index in [1.807, 2.05) is 30.3 Å². The number of phenolic OH excluding ortho intramolecular Hbond substituents is 2. The van der Waals surface area contributed by atoms with Crippen LogP contribution in [0.2, 0.25) is 0 Å². The van der Waals surface area contributed by atoms with E-state index in [1.165, 1.54) is 30.0 Å². The van der Waals surface area contributed by atoms with Crippen molar-refractivity contribution < 1.29 is 15.0 Å². The fraction of sp³-hybridized carbons (Fsp3) is 0.118. The lowest BCUT2D eigenvalue weighted by Gasteiger charge is -2.01. The largest absolute Gasteiger partial charge is 0.508 e. The van der Waals surface area contributed by atoms with Gasteiger partial charge in [0.2, 0.25) is 0 Å². The minimum Gasteiger partial charge on any atom is -0.508 e. The van der Waals surface area contributed by atoms with Crippen molar-refractivity contribution in [2.45, 2.75) is 12.7 Å². The van der Waals surface area contributed by atoms with Crippen molar-refractivity contribution in [3.05, 3.63) is 59.2 Å². The number of aromatic hydroxyl groups is 2. The fourth-order valence-electron chi connectivity index (χ4n) is 1.77. The molecular formula is C17H16O3S. The Morgan fingerprint density at radius 3 is 2.48 bits per heavy atom. The summed E-state index contributed by atoms with van der Waals surface area (Å²) in [4.78, 5) is 10.9. The maximum atomic E-state index is 10.9. The molecule has 2 N–H and O–H groups in total. The van der Waals surface area contributed by atoms with Gasteiger partial charge < -0.3 is 10.2 Å². The second kappa shape index (κ2) is 6.99. The third-order valence-corrected chi connectivity index (χ3v) is 3.77. The lowest BCUT2D eigenvalue weighted by molar-refractivity contribution is -0.109. The van der Waals surface area contributed by atoms with Crippen molar-refractivity contribution >= 4 is 29.0 Å². The molecule has 0 radical (unpaired) electrons. The summed E-state index contributed by atoms with van der Waals surface area (Å²) in [5.41, 5.74) is 2.63. The molecule has 21 heavy (non-hydrogen) atoms. The third kappa shape index (κ3) is 4.68. The molecule has 0 spiro atoms. The summed E-state index contributed by atoms with van der Waals surface area (Å²) < 4.78 is 0. The van der Waals surface area contributed by atoms with E-state index < -0.39 is 0 Å². The summed E-state index contributed by atoms with van der Waals surface area (Å²) in [5.74, 6) is 0.912. The summed E-state index contributed by atoms with van der Waals surface area (Å²) in [6, 6.07) is 12.2. The number of thioether (sulfide) groups is 1. The monoisotopic (exact) mass is 300 g/mol. The van der Waals surface area contributed by atoms with E-state index in [0.29, 0.717) is 11.3 Å². The van der Waals surface area contributed by atoms with Crippen molar-refractivity contribution in [2.75, 3.05) is 0 Å². The molecular weight excluding hydrogens is 284 g/mol. The van der Waals surface area contributed by atoms with Gasteiger partial charge in [0, 0.05) is 18.2 Å². The zero-order valence-corrected chi connectivity index (χ0v) is 12.4. The van der Waals surface area contributed by atoms with E-state index in [2.05, 4.69) is 0 Å². The number of hydrogen-bond donors (Lipinski definition) is 2. The Morgan fingerprint density at radius 2 is 1.81 bits per heavy atom. The molecule has 4 heteroatoms. The van der Waals surface area contributed by atoms with Gasteiger partial charge in [-0.3, -0.25) is 4.79 Å². The Balaban J connectivity index is 2.07. The van der Waals surface area contributed by atoms with Crippen LogP contribution in [0.15, 0.2) is 42.5 Å². The Hall–Kier alpha value is -2.20. The molecule has 0 unspecified atom stereocenters. The molecule has 0 aromatic heterocycles. The van der Waals surface area contributed by atoms with E-state index in [9.17, 15) is 15.0 Å². The first-order valence-corrected chi connectivity index (χ1v) is 7.45. The highest BCUT2D eigenvalue weighted by Gasteiger charge is 1.99. The smallest absolute Gasteiger partial charge is 0.186 e. The average molecular weight is 300 g/mol. The zero-order chi connectivity index (χ0) is 15.2. The first-order chi connectivity index (χ1) is 10.0. The topological polar surface area (TPSA) is 57.5 Å². The van der Waals surface area contributed by atoms with Crippen molar-refractivity contribution in [1.82, 2.24) is 0 Å². The molecule has 2 rings (SSSR count). The highest BCUT2D eigenvalue weighted by Crippen LogP contribution is 2.24. The van der Waals surface area contributed by atoms with Crippen LogP contribution in [0.1, 0.15) is 23.6 Å². The van der Waals surface area contributed by atoms with Crippen LogP contribution in [-0.4, -0.2) is 15.3 Å². The number of carbonyl (C=O) groups excluding carboxylic acids is 1. The van der Waals surface area contributed by atoms with Gasteiger partial charge in [-0.2, -0.15) is 0 Å². The van der Waals surface area contributed by atoms with Gasteiger partial charge in [0.1, 0.15) is 11.5 Å². The molecule has 0 bridgehead atoms. The molecule has 0 atom stereocenters. The van der Waals surface area contributed by atoms with E-state index >= 15 is 0 Å². The lowest BCUT2D eigenvalue weighted by atomic mass is 10.1. The van der Waals surface area contributed by atoms with E-state index in [1.54, 1.807) is 13.0 Å². The lowest BCUT2D eigenvalue weighted by Crippen LogP contribution is -1.85. The molecule has 108 valence electrons. The molecule has 0 aliphatic carbocycles. The van der Waals surface area contributed by atoms with E-state index in [-0.39, 0.29) is 16.6 Å². The normalized spacial score (nSPS) is 10.9. The van der Waals surface area contributed by atoms with Gasteiger partial charge in [-0.15, -0.1) is 0 Å². The van der Waals surface area contributed by atoms with Crippen LogP contribution in [-0.2, 0) is 10.5 Å². The second-order valence-corrected chi connectivity index (χ2v) is 5.75. The van der Waals surface area contributed by atoms with Crippen molar-refractivity contribution in [1.29, 1.82) is 0 Å². The summed E-state index contributed by atoms with van der Waals surface area (Å²) in [5, 5.41) is 19.2. The van der Waals surface area contributed by atoms with Gasteiger partial charge in [-0.1, -0.05) is 48.2 Å². The first kappa shape index (κ1) is 15.2. The molecule has 0 aliphatic heterocycles. The number of rotatable bonds is 4. The standard InChI is InChI=1S/C17H16O3S/c1-12(18)21-11-14-4-2-13(3-5-14)6-7-15-10-16(19)8-9-17(15)20/h2-10,19-20H,11H2,1H3/b7-6+. The minimum atomic E-state index is 0.110. The molecule has 0 heterocycles. The van der Waals surface area contributed by atoms with Gasteiger partial charge in [0.25, 0.3) is 0 Å². The summed E-state index contributed by atoms with van der Waals surface area (Å²) in [6.07, 6.45) is 3.60. The quantitative estimate of drug-likeness (QED) is 0.660. The summed E-state index contributed by atoms with van der Waals surface area (Å²) in [7, 11) is 0. The van der Waals surface area contributed by atoms with Crippen LogP contribution in [0.3, 0.4) is 0 Å². The molecule has 3 nitrogen and oxygen atoms in total. The maximum Gasteiger partial charge on any atom is 0.186 e. The average Bonchev–Trinajstić information content (AvgIpc) is 2.47. The minimum absolute atomic E-state index is 0.110. The summed E-state index contributed by atoms with van der Waals surface area (Å²) >= 11 is 1.29. The summed E-state index contributed by atoms with van der Waals surface area (Å²) in [6.45, 7) is 1.56. The predicted octanol–water partition coefficient (Wildman–Crippen LogP) is 4.05. The van der Waals surface area contributed by atoms with Crippen LogP contribution in [0.25, 0.3) is 12.2 Å². The molecule has 0 amide bonds. The SMILES string of the molecule is CC(=O)SCc1ccc(/C=C/c2cc(O)ccc2O)cc1. The van der Waals surface area contributed by atoms with Gasteiger partial charge in [-0.05, 0) is 29.3 Å². The van der Waals surface area contributed by atoms with Gasteiger partial charge in [0.05, 0.1) is 0 Å². The number of hydrogen-bond acceptors (Lipinski definition) is 4. The van der Waals surface area contributed by atoms with Gasteiger partial charge in [0.15, 0.2) is 5.12 Å². The van der Waals surface area contributed by atoms with Gasteiger partial charge >= 0.3 is 0 Å². The van der Waals surface area contributed by atoms with Crippen molar-refractivity contribution in [3.8, 4) is 11.5 Å². The molecule has 0 saturated heterocycles. The molecule has 0 saturated carbocycles. The van der Waals surface area contributed by atoms with Crippen LogP contribution >= 0.6 is 11.8 Å². The van der Waals surface area contributed by atoms with E-state index in [0.717, 1.165) is 11.1 Å². The number of carbonyl (C=O) groups is 1. The van der Waals surface area contributed by atoms with Crippen LogP contribution in [0.5, 0.6) is 11.5 Å². The highest BCUT2D eigenvalue weighted by atomic mass is 32.2. The number of benzene rings is 2. The van der Waals surface area contributed by atoms with Gasteiger partial charge in [-0.25, -0.2) is 0 Å². The first-order valence-electron chi connectivity index (χ1n) is 6.47. The second-order valence-electron chi connectivity index (χ2n) is 4.60. The Labute approximate surface area is 127 Å². The zero-order valence-electron chi connectivity index (χ0n) is 11.6. The van der Waals surface area contributed by atoms with Crippen LogP contribution < -0.4 is 0 Å². The van der Waals surface area contributed by atoms with Crippen molar-refractivity contribution in [2.24, 2.45) is 0 Å².